The Kier molecular flexibility index (Phi) is 7.14. The van der Waals surface area contributed by atoms with E-state index in [1.807, 2.05) is 0 Å². The molecule has 0 aliphatic carbocycles. The fourth-order valence-electron chi connectivity index (χ4n) is 1.35. The van der Waals surface area contributed by atoms with Crippen molar-refractivity contribution in [2.75, 3.05) is 0 Å². The molecule has 3 atom stereocenters. The normalized spacial score (nSPS) is 16.5. The quantitative estimate of drug-likeness (QED) is 0.550. The van der Waals surface area contributed by atoms with E-state index in [0.29, 0.717) is 0 Å². The van der Waals surface area contributed by atoms with Gasteiger partial charge < -0.3 is 0 Å². The molecule has 0 aromatic heterocycles. The van der Waals surface area contributed by atoms with Gasteiger partial charge in [0.25, 0.3) is 0 Å². The van der Waals surface area contributed by atoms with Crippen LogP contribution in [0.5, 0.6) is 0 Å². The van der Waals surface area contributed by atoms with E-state index < -0.39 is 0 Å². The summed E-state index contributed by atoms with van der Waals surface area (Å²) in [6.45, 7) is 9.25. The molecule has 0 spiro atoms. The van der Waals surface area contributed by atoms with Crippen molar-refractivity contribution < 1.29 is 0 Å². The van der Waals surface area contributed by atoms with E-state index in [4.69, 9.17) is 0 Å². The highest BCUT2D eigenvalue weighted by Gasteiger charge is 2.07. The van der Waals surface area contributed by atoms with Gasteiger partial charge in [-0.3, -0.25) is 0 Å². The predicted molar refractivity (Wildman–Crippen MR) is 61.6 cm³/mol. The van der Waals surface area contributed by atoms with E-state index in [1.165, 1.54) is 25.7 Å². The zero-order valence-corrected chi connectivity index (χ0v) is 10.3. The third-order valence-corrected chi connectivity index (χ3v) is 3.12. The Morgan fingerprint density at radius 1 is 1.08 bits per heavy atom. The molecule has 0 nitrogen and oxygen atoms in total. The zero-order valence-electron chi connectivity index (χ0n) is 9.14. The van der Waals surface area contributed by atoms with Crippen LogP contribution in [0.1, 0.15) is 53.4 Å². The smallest absolute Gasteiger partial charge is 0.0262 e. The summed E-state index contributed by atoms with van der Waals surface area (Å²) in [5.74, 6) is 1.77. The van der Waals surface area contributed by atoms with E-state index in [2.05, 4.69) is 36.9 Å². The van der Waals surface area contributed by atoms with E-state index in [-0.39, 0.29) is 0 Å². The van der Waals surface area contributed by atoms with Gasteiger partial charge in [-0.1, -0.05) is 40.5 Å². The highest BCUT2D eigenvalue weighted by Crippen LogP contribution is 2.21. The van der Waals surface area contributed by atoms with Gasteiger partial charge in [-0.15, -0.1) is 9.24 Å². The van der Waals surface area contributed by atoms with Crippen molar-refractivity contribution >= 4 is 9.24 Å². The Balaban J connectivity index is 3.39. The van der Waals surface area contributed by atoms with Crippen molar-refractivity contribution in [1.82, 2.24) is 0 Å². The van der Waals surface area contributed by atoms with Crippen LogP contribution in [0.15, 0.2) is 0 Å². The first kappa shape index (κ1) is 12.4. The first-order chi connectivity index (χ1) is 5.56. The van der Waals surface area contributed by atoms with Crippen LogP contribution in [-0.2, 0) is 0 Å². The van der Waals surface area contributed by atoms with Crippen LogP contribution >= 0.6 is 9.24 Å². The number of hydrogen-bond acceptors (Lipinski definition) is 0. The summed E-state index contributed by atoms with van der Waals surface area (Å²) >= 11 is 0. The summed E-state index contributed by atoms with van der Waals surface area (Å²) in [5, 5.41) is 0. The summed E-state index contributed by atoms with van der Waals surface area (Å²) in [6.07, 6.45) is 5.47. The zero-order chi connectivity index (χ0) is 9.56. The second-order valence-corrected chi connectivity index (χ2v) is 5.42. The first-order valence-electron chi connectivity index (χ1n) is 5.31. The summed E-state index contributed by atoms with van der Waals surface area (Å²) in [5.41, 5.74) is 0.849. The van der Waals surface area contributed by atoms with Crippen molar-refractivity contribution in [3.8, 4) is 0 Å². The Labute approximate surface area is 80.7 Å². The Morgan fingerprint density at radius 2 is 1.67 bits per heavy atom. The van der Waals surface area contributed by atoms with E-state index in [9.17, 15) is 0 Å². The Hall–Kier alpha value is 0.430. The fourth-order valence-corrected chi connectivity index (χ4v) is 2.01. The molecule has 0 aliphatic rings. The molecule has 12 heavy (non-hydrogen) atoms. The van der Waals surface area contributed by atoms with Gasteiger partial charge in [0.1, 0.15) is 0 Å². The standard InChI is InChI=1S/C11H25P/c1-5-10(4)8-11(12)7-6-9(2)3/h9-11H,5-8,12H2,1-4H3. The Morgan fingerprint density at radius 3 is 2.08 bits per heavy atom. The molecule has 1 heteroatoms. The lowest BCUT2D eigenvalue weighted by atomic mass is 9.98. The minimum atomic E-state index is 0.849. The van der Waals surface area contributed by atoms with Crippen LogP contribution in [0.25, 0.3) is 0 Å². The van der Waals surface area contributed by atoms with Gasteiger partial charge in [0.15, 0.2) is 0 Å². The molecule has 3 unspecified atom stereocenters. The van der Waals surface area contributed by atoms with Gasteiger partial charge in [0.2, 0.25) is 0 Å². The molecule has 0 aliphatic heterocycles. The number of hydrogen-bond donors (Lipinski definition) is 0. The van der Waals surface area contributed by atoms with Crippen LogP contribution in [-0.4, -0.2) is 5.66 Å². The van der Waals surface area contributed by atoms with Gasteiger partial charge in [-0.25, -0.2) is 0 Å². The molecule has 0 aromatic rings. The van der Waals surface area contributed by atoms with Crippen LogP contribution < -0.4 is 0 Å². The molecule has 0 rings (SSSR count). The molecule has 0 N–H and O–H groups in total. The van der Waals surface area contributed by atoms with Crippen molar-refractivity contribution in [3.63, 3.8) is 0 Å². The maximum absolute atomic E-state index is 3.00. The van der Waals surface area contributed by atoms with E-state index in [0.717, 1.165) is 17.5 Å². The average molecular weight is 188 g/mol. The average Bonchev–Trinajstić information content (AvgIpc) is 2.00. The van der Waals surface area contributed by atoms with Crippen molar-refractivity contribution in [2.45, 2.75) is 59.0 Å². The van der Waals surface area contributed by atoms with E-state index >= 15 is 0 Å². The topological polar surface area (TPSA) is 0 Å². The molecule has 0 saturated carbocycles. The molecule has 0 bridgehead atoms. The third kappa shape index (κ3) is 7.10. The lowest BCUT2D eigenvalue weighted by Gasteiger charge is -2.16. The van der Waals surface area contributed by atoms with Crippen molar-refractivity contribution in [1.29, 1.82) is 0 Å². The highest BCUT2D eigenvalue weighted by molar-refractivity contribution is 7.17. The predicted octanol–water partition coefficient (Wildman–Crippen LogP) is 4.10. The second-order valence-electron chi connectivity index (χ2n) is 4.48. The molecule has 0 radical (unpaired) electrons. The van der Waals surface area contributed by atoms with Crippen LogP contribution in [0.2, 0.25) is 0 Å². The SMILES string of the molecule is CCC(C)CC(P)CCC(C)C. The van der Waals surface area contributed by atoms with Crippen LogP contribution in [0.4, 0.5) is 0 Å². The Bertz CT molecular complexity index is 99.2. The molecule has 0 fully saturated rings. The molecule has 0 saturated heterocycles. The van der Waals surface area contributed by atoms with Crippen molar-refractivity contribution in [3.05, 3.63) is 0 Å². The van der Waals surface area contributed by atoms with Gasteiger partial charge in [0.05, 0.1) is 0 Å². The van der Waals surface area contributed by atoms with Gasteiger partial charge in [-0.05, 0) is 30.3 Å². The van der Waals surface area contributed by atoms with Gasteiger partial charge in [0, 0.05) is 0 Å². The fraction of sp³-hybridized carbons (Fsp3) is 1.00. The molecule has 0 aromatic carbocycles. The largest absolute Gasteiger partial charge is 0.134 e. The molecule has 0 heterocycles. The summed E-state index contributed by atoms with van der Waals surface area (Å²) in [4.78, 5) is 0. The van der Waals surface area contributed by atoms with Crippen molar-refractivity contribution in [2.24, 2.45) is 11.8 Å². The first-order valence-corrected chi connectivity index (χ1v) is 5.98. The maximum atomic E-state index is 3.00. The maximum Gasteiger partial charge on any atom is -0.0262 e. The lowest BCUT2D eigenvalue weighted by molar-refractivity contribution is 0.463. The summed E-state index contributed by atoms with van der Waals surface area (Å²) in [7, 11) is 3.00. The molecule has 74 valence electrons. The second kappa shape index (κ2) is 6.89. The van der Waals surface area contributed by atoms with E-state index in [1.54, 1.807) is 0 Å². The molecular formula is C11H25P. The van der Waals surface area contributed by atoms with Gasteiger partial charge in [-0.2, -0.15) is 0 Å². The number of rotatable bonds is 6. The lowest BCUT2D eigenvalue weighted by Crippen LogP contribution is -2.05. The third-order valence-electron chi connectivity index (χ3n) is 2.52. The monoisotopic (exact) mass is 188 g/mol. The minimum Gasteiger partial charge on any atom is -0.134 e. The van der Waals surface area contributed by atoms with Crippen LogP contribution in [0, 0.1) is 11.8 Å². The van der Waals surface area contributed by atoms with Gasteiger partial charge >= 0.3 is 0 Å². The summed E-state index contributed by atoms with van der Waals surface area (Å²) < 4.78 is 0. The minimum absolute atomic E-state index is 0.849. The molecule has 0 amide bonds. The molecular weight excluding hydrogens is 163 g/mol. The van der Waals surface area contributed by atoms with Crippen LogP contribution in [0.3, 0.4) is 0 Å². The summed E-state index contributed by atoms with van der Waals surface area (Å²) in [6, 6.07) is 0. The highest BCUT2D eigenvalue weighted by atomic mass is 31.0.